The van der Waals surface area contributed by atoms with Gasteiger partial charge in [-0.15, -0.1) is 0 Å². The molecule has 3 rings (SSSR count). The van der Waals surface area contributed by atoms with Gasteiger partial charge in [-0.25, -0.2) is 4.39 Å². The van der Waals surface area contributed by atoms with Crippen LogP contribution >= 0.6 is 11.6 Å². The number of unbranched alkanes of at least 4 members (excludes halogenated alkanes) is 1. The molecule has 1 amide bonds. The van der Waals surface area contributed by atoms with E-state index in [-0.39, 0.29) is 18.3 Å². The van der Waals surface area contributed by atoms with Gasteiger partial charge in [-0.05, 0) is 61.4 Å². The number of nitrogens with zero attached hydrogens (tertiary/aromatic N) is 1. The first kappa shape index (κ1) is 19.9. The molecule has 28 heavy (non-hydrogen) atoms. The molecule has 0 radical (unpaired) electrons. The molecule has 0 unspecified atom stereocenters. The lowest BCUT2D eigenvalue weighted by Crippen LogP contribution is -2.29. The SMILES string of the molecule is O=C(COc1ccc(Cl)c2cccnc12)NCCCCOc1ccc(F)cc1. The van der Waals surface area contributed by atoms with Gasteiger partial charge in [0.25, 0.3) is 5.91 Å². The van der Waals surface area contributed by atoms with Crippen LogP contribution in [0.2, 0.25) is 5.02 Å². The number of amides is 1. The van der Waals surface area contributed by atoms with Gasteiger partial charge in [0.1, 0.15) is 22.8 Å². The molecule has 2 aromatic carbocycles. The molecule has 1 aromatic heterocycles. The predicted molar refractivity (Wildman–Crippen MR) is 106 cm³/mol. The maximum absolute atomic E-state index is 12.8. The van der Waals surface area contributed by atoms with Gasteiger partial charge in [-0.2, -0.15) is 0 Å². The predicted octanol–water partition coefficient (Wildman–Crippen LogP) is 4.38. The number of hydrogen-bond donors (Lipinski definition) is 1. The zero-order chi connectivity index (χ0) is 19.8. The third kappa shape index (κ3) is 5.57. The highest BCUT2D eigenvalue weighted by Crippen LogP contribution is 2.29. The summed E-state index contributed by atoms with van der Waals surface area (Å²) >= 11 is 6.15. The van der Waals surface area contributed by atoms with Crippen molar-refractivity contribution in [3.05, 3.63) is 65.6 Å². The van der Waals surface area contributed by atoms with Gasteiger partial charge < -0.3 is 14.8 Å². The molecule has 0 saturated heterocycles. The summed E-state index contributed by atoms with van der Waals surface area (Å²) in [6, 6.07) is 13.0. The number of halogens is 2. The van der Waals surface area contributed by atoms with E-state index in [2.05, 4.69) is 10.3 Å². The van der Waals surface area contributed by atoms with Crippen LogP contribution in [0.1, 0.15) is 12.8 Å². The van der Waals surface area contributed by atoms with Gasteiger partial charge in [0.2, 0.25) is 0 Å². The minimum Gasteiger partial charge on any atom is -0.494 e. The average molecular weight is 403 g/mol. The van der Waals surface area contributed by atoms with Crippen LogP contribution in [-0.4, -0.2) is 30.6 Å². The third-order valence-electron chi connectivity index (χ3n) is 4.01. The molecule has 1 N–H and O–H groups in total. The van der Waals surface area contributed by atoms with Crippen molar-refractivity contribution < 1.29 is 18.7 Å². The number of fused-ring (bicyclic) bond motifs is 1. The van der Waals surface area contributed by atoms with Crippen LogP contribution in [-0.2, 0) is 4.79 Å². The van der Waals surface area contributed by atoms with Crippen LogP contribution in [0.3, 0.4) is 0 Å². The Hall–Kier alpha value is -2.86. The van der Waals surface area contributed by atoms with Crippen molar-refractivity contribution in [2.24, 2.45) is 0 Å². The number of rotatable bonds is 9. The zero-order valence-electron chi connectivity index (χ0n) is 15.2. The van der Waals surface area contributed by atoms with E-state index in [1.54, 1.807) is 36.5 Å². The Kier molecular flexibility index (Phi) is 7.03. The summed E-state index contributed by atoms with van der Waals surface area (Å²) in [7, 11) is 0. The lowest BCUT2D eigenvalue weighted by atomic mass is 10.2. The summed E-state index contributed by atoms with van der Waals surface area (Å²) < 4.78 is 23.9. The Balaban J connectivity index is 1.35. The van der Waals surface area contributed by atoms with Crippen LogP contribution in [0, 0.1) is 5.82 Å². The Morgan fingerprint density at radius 3 is 2.71 bits per heavy atom. The van der Waals surface area contributed by atoms with Crippen LogP contribution in [0.25, 0.3) is 10.9 Å². The van der Waals surface area contributed by atoms with Crippen molar-refractivity contribution in [2.75, 3.05) is 19.8 Å². The maximum Gasteiger partial charge on any atom is 0.257 e. The summed E-state index contributed by atoms with van der Waals surface area (Å²) in [4.78, 5) is 16.2. The number of benzene rings is 2. The quantitative estimate of drug-likeness (QED) is 0.539. The van der Waals surface area contributed by atoms with Crippen LogP contribution in [0.4, 0.5) is 4.39 Å². The summed E-state index contributed by atoms with van der Waals surface area (Å²) in [5.74, 6) is 0.642. The standard InChI is InChI=1S/C21H20ClFN2O3/c22-18-9-10-19(21-17(18)4-3-12-25-21)28-14-20(26)24-11-1-2-13-27-16-7-5-15(23)6-8-16/h3-10,12H,1-2,11,13-14H2,(H,24,26). The Morgan fingerprint density at radius 1 is 1.07 bits per heavy atom. The normalized spacial score (nSPS) is 10.6. The Labute approximate surface area is 167 Å². The topological polar surface area (TPSA) is 60.5 Å². The fourth-order valence-electron chi connectivity index (χ4n) is 2.60. The minimum absolute atomic E-state index is 0.0978. The van der Waals surface area contributed by atoms with Gasteiger partial charge >= 0.3 is 0 Å². The second-order valence-corrected chi connectivity index (χ2v) is 6.50. The lowest BCUT2D eigenvalue weighted by Gasteiger charge is -2.10. The second kappa shape index (κ2) is 9.90. The smallest absolute Gasteiger partial charge is 0.257 e. The molecule has 0 saturated carbocycles. The number of hydrogen-bond acceptors (Lipinski definition) is 4. The van der Waals surface area contributed by atoms with E-state index in [1.807, 2.05) is 6.07 Å². The second-order valence-electron chi connectivity index (χ2n) is 6.09. The Morgan fingerprint density at radius 2 is 1.89 bits per heavy atom. The van der Waals surface area contributed by atoms with E-state index in [1.165, 1.54) is 12.1 Å². The molecule has 3 aromatic rings. The molecule has 7 heteroatoms. The molecule has 0 atom stereocenters. The summed E-state index contributed by atoms with van der Waals surface area (Å²) in [5.41, 5.74) is 0.626. The van der Waals surface area contributed by atoms with Gasteiger partial charge in [0, 0.05) is 18.1 Å². The van der Waals surface area contributed by atoms with E-state index in [0.717, 1.165) is 18.2 Å². The van der Waals surface area contributed by atoms with E-state index < -0.39 is 0 Å². The van der Waals surface area contributed by atoms with Gasteiger partial charge in [0.05, 0.1) is 11.6 Å². The number of carbonyl (C=O) groups is 1. The molecule has 0 aliphatic carbocycles. The van der Waals surface area contributed by atoms with Crippen LogP contribution in [0.5, 0.6) is 11.5 Å². The summed E-state index contributed by atoms with van der Waals surface area (Å²) in [6.45, 7) is 0.925. The van der Waals surface area contributed by atoms with E-state index in [9.17, 15) is 9.18 Å². The molecule has 5 nitrogen and oxygen atoms in total. The maximum atomic E-state index is 12.8. The van der Waals surface area contributed by atoms with Crippen molar-refractivity contribution in [3.63, 3.8) is 0 Å². The number of pyridine rings is 1. The zero-order valence-corrected chi connectivity index (χ0v) is 15.9. The number of aromatic nitrogens is 1. The average Bonchev–Trinajstić information content (AvgIpc) is 2.71. The fraction of sp³-hybridized carbons (Fsp3) is 0.238. The summed E-state index contributed by atoms with van der Waals surface area (Å²) in [6.07, 6.45) is 3.18. The third-order valence-corrected chi connectivity index (χ3v) is 4.34. The van der Waals surface area contributed by atoms with Crippen LogP contribution in [0.15, 0.2) is 54.7 Å². The highest BCUT2D eigenvalue weighted by molar-refractivity contribution is 6.35. The number of nitrogens with one attached hydrogen (secondary N) is 1. The van der Waals surface area contributed by atoms with Gasteiger partial charge in [0.15, 0.2) is 6.61 Å². The molecule has 0 spiro atoms. The van der Waals surface area contributed by atoms with Crippen molar-refractivity contribution in [1.29, 1.82) is 0 Å². The van der Waals surface area contributed by atoms with E-state index in [0.29, 0.717) is 35.2 Å². The molecule has 146 valence electrons. The first-order valence-corrected chi connectivity index (χ1v) is 9.32. The van der Waals surface area contributed by atoms with Crippen molar-refractivity contribution in [3.8, 4) is 11.5 Å². The Bertz CT molecular complexity index is 935. The molecular weight excluding hydrogens is 383 g/mol. The highest BCUT2D eigenvalue weighted by atomic mass is 35.5. The largest absolute Gasteiger partial charge is 0.494 e. The van der Waals surface area contributed by atoms with Crippen LogP contribution < -0.4 is 14.8 Å². The van der Waals surface area contributed by atoms with Crippen molar-refractivity contribution in [1.82, 2.24) is 10.3 Å². The van der Waals surface area contributed by atoms with E-state index in [4.69, 9.17) is 21.1 Å². The summed E-state index contributed by atoms with van der Waals surface area (Å²) in [5, 5.41) is 4.17. The molecule has 0 fully saturated rings. The monoisotopic (exact) mass is 402 g/mol. The van der Waals surface area contributed by atoms with Crippen molar-refractivity contribution >= 4 is 28.4 Å². The molecule has 0 aliphatic rings. The molecule has 0 bridgehead atoms. The first-order chi connectivity index (χ1) is 13.6. The molecular formula is C21H20ClFN2O3. The van der Waals surface area contributed by atoms with E-state index >= 15 is 0 Å². The lowest BCUT2D eigenvalue weighted by molar-refractivity contribution is -0.123. The first-order valence-electron chi connectivity index (χ1n) is 8.94. The minimum atomic E-state index is -0.292. The fourth-order valence-corrected chi connectivity index (χ4v) is 2.81. The number of carbonyl (C=O) groups excluding carboxylic acids is 1. The molecule has 1 heterocycles. The van der Waals surface area contributed by atoms with Crippen molar-refractivity contribution in [2.45, 2.75) is 12.8 Å². The molecule has 0 aliphatic heterocycles. The van der Waals surface area contributed by atoms with Gasteiger partial charge in [-0.1, -0.05) is 11.6 Å². The van der Waals surface area contributed by atoms with Gasteiger partial charge in [-0.3, -0.25) is 9.78 Å². The highest BCUT2D eigenvalue weighted by Gasteiger charge is 2.09. The number of ether oxygens (including phenoxy) is 2.